The van der Waals surface area contributed by atoms with Gasteiger partial charge in [0.1, 0.15) is 12.4 Å². The van der Waals surface area contributed by atoms with Crippen molar-refractivity contribution in [1.82, 2.24) is 9.55 Å². The molecular weight excluding hydrogens is 266 g/mol. The van der Waals surface area contributed by atoms with Crippen molar-refractivity contribution < 1.29 is 9.47 Å². The smallest absolute Gasteiger partial charge is 0.121 e. The molecule has 0 unspecified atom stereocenters. The van der Waals surface area contributed by atoms with E-state index in [9.17, 15) is 0 Å². The van der Waals surface area contributed by atoms with Gasteiger partial charge in [-0.1, -0.05) is 13.0 Å². The first kappa shape index (κ1) is 15.4. The van der Waals surface area contributed by atoms with Gasteiger partial charge in [0, 0.05) is 31.6 Å². The van der Waals surface area contributed by atoms with Crippen LogP contribution in [0.3, 0.4) is 0 Å². The van der Waals surface area contributed by atoms with E-state index in [0.29, 0.717) is 13.2 Å². The van der Waals surface area contributed by atoms with E-state index in [1.165, 1.54) is 5.69 Å². The van der Waals surface area contributed by atoms with Gasteiger partial charge >= 0.3 is 0 Å². The highest BCUT2D eigenvalue weighted by Crippen LogP contribution is 2.18. The van der Waals surface area contributed by atoms with Crippen LogP contribution in [-0.4, -0.2) is 29.9 Å². The summed E-state index contributed by atoms with van der Waals surface area (Å²) in [6.07, 6.45) is 4.89. The number of hydrogen-bond donors (Lipinski definition) is 1. The van der Waals surface area contributed by atoms with Crippen LogP contribution >= 0.6 is 0 Å². The fourth-order valence-corrected chi connectivity index (χ4v) is 2.07. The summed E-state index contributed by atoms with van der Waals surface area (Å²) in [5.74, 6) is 0.846. The summed E-state index contributed by atoms with van der Waals surface area (Å²) in [7, 11) is 1.67. The van der Waals surface area contributed by atoms with Crippen LogP contribution in [0.25, 0.3) is 0 Å². The number of anilines is 1. The maximum Gasteiger partial charge on any atom is 0.121 e. The van der Waals surface area contributed by atoms with E-state index < -0.39 is 0 Å². The molecule has 2 aromatic rings. The average molecular weight is 289 g/mol. The lowest BCUT2D eigenvalue weighted by Crippen LogP contribution is -2.07. The van der Waals surface area contributed by atoms with E-state index in [-0.39, 0.29) is 0 Å². The highest BCUT2D eigenvalue weighted by molar-refractivity contribution is 5.48. The van der Waals surface area contributed by atoms with Gasteiger partial charge < -0.3 is 19.4 Å². The van der Waals surface area contributed by atoms with Gasteiger partial charge in [-0.15, -0.1) is 0 Å². The van der Waals surface area contributed by atoms with Gasteiger partial charge in [0.15, 0.2) is 0 Å². The molecule has 5 heteroatoms. The Balaban J connectivity index is 1.90. The van der Waals surface area contributed by atoms with Crippen molar-refractivity contribution in [3.8, 4) is 5.75 Å². The lowest BCUT2D eigenvalue weighted by Gasteiger charge is -2.11. The minimum Gasteiger partial charge on any atom is -0.491 e. The summed E-state index contributed by atoms with van der Waals surface area (Å²) in [5, 5.41) is 3.40. The van der Waals surface area contributed by atoms with E-state index in [1.54, 1.807) is 7.11 Å². The molecule has 0 aliphatic rings. The molecule has 1 heterocycles. The third-order valence-electron chi connectivity index (χ3n) is 3.13. The average Bonchev–Trinajstić information content (AvgIpc) is 2.94. The fraction of sp³-hybridized carbons (Fsp3) is 0.438. The molecule has 2 rings (SSSR count). The number of methoxy groups -OCH3 is 1. The number of ether oxygens (including phenoxy) is 2. The summed E-state index contributed by atoms with van der Waals surface area (Å²) >= 11 is 0. The minimum atomic E-state index is 0.559. The second-order valence-electron chi connectivity index (χ2n) is 4.80. The van der Waals surface area contributed by atoms with Crippen molar-refractivity contribution in [1.29, 1.82) is 0 Å². The van der Waals surface area contributed by atoms with Crippen molar-refractivity contribution in [3.05, 3.63) is 42.5 Å². The number of nitrogens with zero attached hydrogens (tertiary/aromatic N) is 2. The molecule has 114 valence electrons. The van der Waals surface area contributed by atoms with Gasteiger partial charge in [-0.2, -0.15) is 0 Å². The lowest BCUT2D eigenvalue weighted by atomic mass is 10.3. The van der Waals surface area contributed by atoms with E-state index >= 15 is 0 Å². The predicted molar refractivity (Wildman–Crippen MR) is 83.7 cm³/mol. The van der Waals surface area contributed by atoms with Crippen LogP contribution in [0.4, 0.5) is 5.69 Å². The van der Waals surface area contributed by atoms with Crippen LogP contribution < -0.4 is 10.1 Å². The molecule has 0 aliphatic carbocycles. The predicted octanol–water partition coefficient (Wildman–Crippen LogP) is 2.93. The number of aromatic nitrogens is 2. The molecule has 0 atom stereocenters. The van der Waals surface area contributed by atoms with Gasteiger partial charge in [0.05, 0.1) is 25.2 Å². The van der Waals surface area contributed by atoms with Crippen LogP contribution in [0.2, 0.25) is 0 Å². The summed E-state index contributed by atoms with van der Waals surface area (Å²) in [6.45, 7) is 5.06. The van der Waals surface area contributed by atoms with Gasteiger partial charge in [-0.3, -0.25) is 0 Å². The monoisotopic (exact) mass is 289 g/mol. The molecule has 0 saturated carbocycles. The van der Waals surface area contributed by atoms with Gasteiger partial charge in [-0.25, -0.2) is 4.98 Å². The van der Waals surface area contributed by atoms with Crippen LogP contribution in [0.15, 0.2) is 36.8 Å². The van der Waals surface area contributed by atoms with Crippen LogP contribution in [0.1, 0.15) is 19.0 Å². The Morgan fingerprint density at radius 2 is 2.19 bits per heavy atom. The highest BCUT2D eigenvalue weighted by Gasteiger charge is 2.02. The third kappa shape index (κ3) is 4.79. The van der Waals surface area contributed by atoms with Crippen molar-refractivity contribution in [2.45, 2.75) is 26.4 Å². The van der Waals surface area contributed by atoms with Gasteiger partial charge in [0.25, 0.3) is 0 Å². The first-order valence-electron chi connectivity index (χ1n) is 7.28. The van der Waals surface area contributed by atoms with Gasteiger partial charge in [-0.05, 0) is 18.6 Å². The Labute approximate surface area is 125 Å². The summed E-state index contributed by atoms with van der Waals surface area (Å²) < 4.78 is 12.8. The number of benzene rings is 1. The maximum absolute atomic E-state index is 5.60. The van der Waals surface area contributed by atoms with Crippen molar-refractivity contribution in [2.75, 3.05) is 25.6 Å². The van der Waals surface area contributed by atoms with Crippen molar-refractivity contribution >= 4 is 5.69 Å². The summed E-state index contributed by atoms with van der Waals surface area (Å²) in [6, 6.07) is 7.95. The number of nitrogens with one attached hydrogen (secondary N) is 1. The highest BCUT2D eigenvalue weighted by atomic mass is 16.5. The number of imidazole rings is 1. The molecule has 1 aromatic carbocycles. The molecule has 0 fully saturated rings. The molecule has 5 nitrogen and oxygen atoms in total. The molecule has 0 radical (unpaired) electrons. The molecule has 1 aromatic heterocycles. The van der Waals surface area contributed by atoms with E-state index in [0.717, 1.165) is 30.9 Å². The molecule has 0 aliphatic heterocycles. The van der Waals surface area contributed by atoms with Gasteiger partial charge in [0.2, 0.25) is 0 Å². The number of hydrogen-bond acceptors (Lipinski definition) is 4. The Morgan fingerprint density at radius 3 is 3.00 bits per heavy atom. The Kier molecular flexibility index (Phi) is 6.09. The second-order valence-corrected chi connectivity index (χ2v) is 4.80. The van der Waals surface area contributed by atoms with Crippen LogP contribution in [0, 0.1) is 0 Å². The normalized spacial score (nSPS) is 10.6. The first-order chi connectivity index (χ1) is 10.3. The molecule has 0 bridgehead atoms. The SMILES string of the molecule is CCCn1cncc1CNc1cccc(OCCOC)c1. The van der Waals surface area contributed by atoms with E-state index in [4.69, 9.17) is 9.47 Å². The zero-order valence-corrected chi connectivity index (χ0v) is 12.7. The largest absolute Gasteiger partial charge is 0.491 e. The fourth-order valence-electron chi connectivity index (χ4n) is 2.07. The van der Waals surface area contributed by atoms with Crippen molar-refractivity contribution in [3.63, 3.8) is 0 Å². The zero-order valence-electron chi connectivity index (χ0n) is 12.7. The molecule has 0 amide bonds. The minimum absolute atomic E-state index is 0.559. The molecule has 21 heavy (non-hydrogen) atoms. The molecule has 0 spiro atoms. The lowest BCUT2D eigenvalue weighted by molar-refractivity contribution is 0.146. The molecule has 1 N–H and O–H groups in total. The number of rotatable bonds is 9. The summed E-state index contributed by atoms with van der Waals surface area (Å²) in [5.41, 5.74) is 2.22. The van der Waals surface area contributed by atoms with Crippen LogP contribution in [-0.2, 0) is 17.8 Å². The Bertz CT molecular complexity index is 540. The zero-order chi connectivity index (χ0) is 14.9. The number of aryl methyl sites for hydroxylation is 1. The first-order valence-corrected chi connectivity index (χ1v) is 7.28. The van der Waals surface area contributed by atoms with E-state index in [1.807, 2.05) is 36.8 Å². The molecule has 0 saturated heterocycles. The van der Waals surface area contributed by atoms with E-state index in [2.05, 4.69) is 21.8 Å². The topological polar surface area (TPSA) is 48.3 Å². The van der Waals surface area contributed by atoms with Crippen LogP contribution in [0.5, 0.6) is 5.75 Å². The maximum atomic E-state index is 5.60. The molecular formula is C16H23N3O2. The quantitative estimate of drug-likeness (QED) is 0.721. The Hall–Kier alpha value is -2.01. The second kappa shape index (κ2) is 8.32. The Morgan fingerprint density at radius 1 is 1.29 bits per heavy atom. The summed E-state index contributed by atoms with van der Waals surface area (Å²) in [4.78, 5) is 4.20. The standard InChI is InChI=1S/C16H23N3O2/c1-3-7-19-13-17-11-15(19)12-18-14-5-4-6-16(10-14)21-9-8-20-2/h4-6,10-11,13,18H,3,7-9,12H2,1-2H3. The third-order valence-corrected chi connectivity index (χ3v) is 3.13. The van der Waals surface area contributed by atoms with Crippen molar-refractivity contribution in [2.24, 2.45) is 0 Å².